The summed E-state index contributed by atoms with van der Waals surface area (Å²) in [6, 6.07) is 0. The zero-order valence-electron chi connectivity index (χ0n) is 10.6. The Kier molecular flexibility index (Phi) is 5.70. The molecule has 0 spiro atoms. The molecule has 1 heterocycles. The number of carbonyl (C=O) groups is 1. The zero-order chi connectivity index (χ0) is 12.8. The van der Waals surface area contributed by atoms with Crippen molar-refractivity contribution in [1.82, 2.24) is 15.1 Å². The minimum Gasteiger partial charge on any atom is -0.360 e. The largest absolute Gasteiger partial charge is 0.360 e. The van der Waals surface area contributed by atoms with Crippen LogP contribution < -0.4 is 5.32 Å². The highest BCUT2D eigenvalue weighted by Gasteiger charge is 2.18. The lowest BCUT2D eigenvalue weighted by molar-refractivity contribution is -0.127. The fraction of sp³-hybridized carbons (Fsp3) is 0.700. The van der Waals surface area contributed by atoms with E-state index in [4.69, 9.17) is 0 Å². The van der Waals surface area contributed by atoms with Gasteiger partial charge in [-0.1, -0.05) is 30.0 Å². The summed E-state index contributed by atoms with van der Waals surface area (Å²) in [5.74, 6) is 0.0910. The van der Waals surface area contributed by atoms with Gasteiger partial charge in [-0.15, -0.1) is 10.2 Å². The Bertz CT molecular complexity index is 367. The number of aromatic nitrogens is 2. The number of rotatable bonds is 6. The van der Waals surface area contributed by atoms with Gasteiger partial charge in [-0.3, -0.25) is 4.79 Å². The van der Waals surface area contributed by atoms with Gasteiger partial charge in [-0.05, 0) is 13.3 Å². The number of nitrogens with zero attached hydrogens (tertiary/aromatic N) is 3. The quantitative estimate of drug-likeness (QED) is 0.803. The molecule has 1 rings (SSSR count). The number of carbonyl (C=O) groups excluding carboxylic acids is 1. The second-order valence-electron chi connectivity index (χ2n) is 3.79. The van der Waals surface area contributed by atoms with Gasteiger partial charge in [0.2, 0.25) is 11.0 Å². The summed E-state index contributed by atoms with van der Waals surface area (Å²) in [6.45, 7) is 4.88. The fourth-order valence-electron chi connectivity index (χ4n) is 1.13. The summed E-state index contributed by atoms with van der Waals surface area (Å²) in [5, 5.41) is 11.9. The van der Waals surface area contributed by atoms with E-state index in [0.717, 1.165) is 22.4 Å². The van der Waals surface area contributed by atoms with Crippen molar-refractivity contribution in [2.75, 3.05) is 26.0 Å². The van der Waals surface area contributed by atoms with Crippen LogP contribution in [0.25, 0.3) is 0 Å². The Balaban J connectivity index is 2.51. The van der Waals surface area contributed by atoms with Crippen LogP contribution in [0.1, 0.15) is 20.3 Å². The molecule has 17 heavy (non-hydrogen) atoms. The standard InChI is InChI=1S/C10H18N4OS2/c1-5-6-11-9-12-13-10(17-9)16-7(2)8(15)14(3)4/h7H,5-6H2,1-4H3,(H,11,12). The van der Waals surface area contributed by atoms with E-state index in [1.54, 1.807) is 19.0 Å². The molecule has 1 N–H and O–H groups in total. The zero-order valence-corrected chi connectivity index (χ0v) is 12.2. The third-order valence-electron chi connectivity index (χ3n) is 2.00. The molecule has 0 aliphatic heterocycles. The third kappa shape index (κ3) is 4.51. The summed E-state index contributed by atoms with van der Waals surface area (Å²) in [5.41, 5.74) is 0. The molecule has 0 radical (unpaired) electrons. The van der Waals surface area contributed by atoms with Crippen LogP contribution in [0, 0.1) is 0 Å². The van der Waals surface area contributed by atoms with Crippen LogP contribution in [0.15, 0.2) is 4.34 Å². The molecule has 7 heteroatoms. The molecule has 1 aromatic heterocycles. The summed E-state index contributed by atoms with van der Waals surface area (Å²) in [4.78, 5) is 13.3. The lowest BCUT2D eigenvalue weighted by Crippen LogP contribution is -2.29. The molecule has 0 saturated heterocycles. The lowest BCUT2D eigenvalue weighted by atomic mass is 10.4. The van der Waals surface area contributed by atoms with Crippen LogP contribution in [0.2, 0.25) is 0 Å². The van der Waals surface area contributed by atoms with Gasteiger partial charge in [0.1, 0.15) is 0 Å². The van der Waals surface area contributed by atoms with Crippen molar-refractivity contribution in [2.45, 2.75) is 29.9 Å². The van der Waals surface area contributed by atoms with Crippen LogP contribution in [-0.4, -0.2) is 46.9 Å². The first kappa shape index (κ1) is 14.2. The second kappa shape index (κ2) is 6.80. The topological polar surface area (TPSA) is 58.1 Å². The fourth-order valence-corrected chi connectivity index (χ4v) is 3.19. The van der Waals surface area contributed by atoms with E-state index in [-0.39, 0.29) is 11.2 Å². The van der Waals surface area contributed by atoms with E-state index in [2.05, 4.69) is 22.4 Å². The molecule has 0 aliphatic carbocycles. The van der Waals surface area contributed by atoms with Crippen molar-refractivity contribution in [2.24, 2.45) is 0 Å². The number of anilines is 1. The molecule has 5 nitrogen and oxygen atoms in total. The highest BCUT2D eigenvalue weighted by Crippen LogP contribution is 2.29. The first-order valence-electron chi connectivity index (χ1n) is 5.49. The molecule has 0 aliphatic rings. The SMILES string of the molecule is CCCNc1nnc(SC(C)C(=O)N(C)C)s1. The molecular formula is C10H18N4OS2. The first-order valence-corrected chi connectivity index (χ1v) is 7.19. The lowest BCUT2D eigenvalue weighted by Gasteiger charge is -2.14. The Hall–Kier alpha value is -0.820. The van der Waals surface area contributed by atoms with Gasteiger partial charge in [0, 0.05) is 20.6 Å². The molecule has 0 bridgehead atoms. The average molecular weight is 274 g/mol. The van der Waals surface area contributed by atoms with E-state index >= 15 is 0 Å². The Morgan fingerprint density at radius 2 is 2.24 bits per heavy atom. The van der Waals surface area contributed by atoms with Crippen LogP contribution >= 0.6 is 23.1 Å². The van der Waals surface area contributed by atoms with E-state index in [9.17, 15) is 4.79 Å². The summed E-state index contributed by atoms with van der Waals surface area (Å²) >= 11 is 2.94. The van der Waals surface area contributed by atoms with Crippen LogP contribution in [0.3, 0.4) is 0 Å². The molecule has 0 fully saturated rings. The van der Waals surface area contributed by atoms with Crippen LogP contribution in [-0.2, 0) is 4.79 Å². The maximum Gasteiger partial charge on any atom is 0.235 e. The van der Waals surface area contributed by atoms with E-state index in [1.165, 1.54) is 23.1 Å². The predicted molar refractivity (Wildman–Crippen MR) is 72.7 cm³/mol. The number of amides is 1. The number of hydrogen-bond donors (Lipinski definition) is 1. The van der Waals surface area contributed by atoms with Gasteiger partial charge in [-0.25, -0.2) is 0 Å². The molecular weight excluding hydrogens is 256 g/mol. The highest BCUT2D eigenvalue weighted by molar-refractivity contribution is 8.02. The van der Waals surface area contributed by atoms with Crippen molar-refractivity contribution >= 4 is 34.1 Å². The maximum atomic E-state index is 11.7. The molecule has 1 unspecified atom stereocenters. The van der Waals surface area contributed by atoms with E-state index in [0.29, 0.717) is 0 Å². The highest BCUT2D eigenvalue weighted by atomic mass is 32.2. The minimum atomic E-state index is -0.128. The molecule has 1 atom stereocenters. The maximum absolute atomic E-state index is 11.7. The third-order valence-corrected chi connectivity index (χ3v) is 4.05. The van der Waals surface area contributed by atoms with Crippen molar-refractivity contribution in [3.63, 3.8) is 0 Å². The Morgan fingerprint density at radius 1 is 1.53 bits per heavy atom. The van der Waals surface area contributed by atoms with E-state index < -0.39 is 0 Å². The minimum absolute atomic E-state index is 0.0910. The first-order chi connectivity index (χ1) is 8.04. The summed E-state index contributed by atoms with van der Waals surface area (Å²) < 4.78 is 0.825. The molecule has 96 valence electrons. The summed E-state index contributed by atoms with van der Waals surface area (Å²) in [6.07, 6.45) is 1.05. The van der Waals surface area contributed by atoms with Gasteiger partial charge in [0.15, 0.2) is 4.34 Å². The normalized spacial score (nSPS) is 12.2. The summed E-state index contributed by atoms with van der Waals surface area (Å²) in [7, 11) is 3.52. The smallest absolute Gasteiger partial charge is 0.235 e. The molecule has 0 aromatic carbocycles. The predicted octanol–water partition coefficient (Wildman–Crippen LogP) is 1.93. The van der Waals surface area contributed by atoms with Crippen LogP contribution in [0.4, 0.5) is 5.13 Å². The van der Waals surface area contributed by atoms with Gasteiger partial charge in [0.25, 0.3) is 0 Å². The van der Waals surface area contributed by atoms with Crippen molar-refractivity contribution in [3.8, 4) is 0 Å². The Labute approximate surface area is 110 Å². The second-order valence-corrected chi connectivity index (χ2v) is 6.36. The molecule has 1 amide bonds. The van der Waals surface area contributed by atoms with Crippen LogP contribution in [0.5, 0.6) is 0 Å². The van der Waals surface area contributed by atoms with Gasteiger partial charge in [-0.2, -0.15) is 0 Å². The van der Waals surface area contributed by atoms with E-state index in [1.807, 2.05) is 6.92 Å². The van der Waals surface area contributed by atoms with Crippen molar-refractivity contribution in [1.29, 1.82) is 0 Å². The molecule has 1 aromatic rings. The average Bonchev–Trinajstić information content (AvgIpc) is 2.72. The van der Waals surface area contributed by atoms with Crippen molar-refractivity contribution in [3.05, 3.63) is 0 Å². The number of thioether (sulfide) groups is 1. The van der Waals surface area contributed by atoms with Gasteiger partial charge >= 0.3 is 0 Å². The number of hydrogen-bond acceptors (Lipinski definition) is 6. The number of nitrogens with one attached hydrogen (secondary N) is 1. The van der Waals surface area contributed by atoms with Gasteiger partial charge < -0.3 is 10.2 Å². The van der Waals surface area contributed by atoms with Gasteiger partial charge in [0.05, 0.1) is 5.25 Å². The molecule has 0 saturated carbocycles. The monoisotopic (exact) mass is 274 g/mol. The Morgan fingerprint density at radius 3 is 2.82 bits per heavy atom. The van der Waals surface area contributed by atoms with Crippen molar-refractivity contribution < 1.29 is 4.79 Å².